The smallest absolute Gasteiger partial charge is 0.226 e. The van der Waals surface area contributed by atoms with E-state index in [0.717, 1.165) is 19.4 Å². The Morgan fingerprint density at radius 1 is 1.30 bits per heavy atom. The van der Waals surface area contributed by atoms with Gasteiger partial charge >= 0.3 is 0 Å². The molecule has 1 fully saturated rings. The van der Waals surface area contributed by atoms with E-state index in [4.69, 9.17) is 4.52 Å². The fourth-order valence-corrected chi connectivity index (χ4v) is 3.05. The Hall–Kier alpha value is -2.17. The van der Waals surface area contributed by atoms with Crippen LogP contribution >= 0.6 is 0 Å². The summed E-state index contributed by atoms with van der Waals surface area (Å²) >= 11 is 0. The topological polar surface area (TPSA) is 59.2 Å². The SMILES string of the molecule is CC(C)Cc1nc(CN2CC(Cc3ccccc3)CC2=O)no1. The van der Waals surface area contributed by atoms with Crippen molar-refractivity contribution < 1.29 is 9.32 Å². The van der Waals surface area contributed by atoms with Gasteiger partial charge in [0.1, 0.15) is 0 Å². The Morgan fingerprint density at radius 3 is 2.83 bits per heavy atom. The van der Waals surface area contributed by atoms with Crippen LogP contribution in [0.3, 0.4) is 0 Å². The molecule has 1 unspecified atom stereocenters. The Bertz CT molecular complexity index is 651. The number of aromatic nitrogens is 2. The van der Waals surface area contributed by atoms with Gasteiger partial charge in [0, 0.05) is 19.4 Å². The summed E-state index contributed by atoms with van der Waals surface area (Å²) in [6, 6.07) is 10.3. The van der Waals surface area contributed by atoms with Gasteiger partial charge < -0.3 is 9.42 Å². The Kier molecular flexibility index (Phi) is 4.74. The van der Waals surface area contributed by atoms with Crippen molar-refractivity contribution in [3.05, 3.63) is 47.6 Å². The van der Waals surface area contributed by atoms with Crippen LogP contribution in [-0.4, -0.2) is 27.5 Å². The average molecular weight is 313 g/mol. The van der Waals surface area contributed by atoms with Crippen LogP contribution in [0.2, 0.25) is 0 Å². The maximum Gasteiger partial charge on any atom is 0.226 e. The number of benzene rings is 1. The molecule has 0 radical (unpaired) electrons. The van der Waals surface area contributed by atoms with Crippen molar-refractivity contribution in [2.75, 3.05) is 6.54 Å². The first-order valence-electron chi connectivity index (χ1n) is 8.23. The molecule has 1 atom stereocenters. The highest BCUT2D eigenvalue weighted by molar-refractivity contribution is 5.78. The molecule has 1 aromatic carbocycles. The van der Waals surface area contributed by atoms with E-state index in [1.54, 1.807) is 0 Å². The molecule has 122 valence electrons. The van der Waals surface area contributed by atoms with Crippen molar-refractivity contribution in [2.45, 2.75) is 39.7 Å². The third-order valence-electron chi connectivity index (χ3n) is 4.09. The lowest BCUT2D eigenvalue weighted by Crippen LogP contribution is -2.25. The van der Waals surface area contributed by atoms with Crippen molar-refractivity contribution >= 4 is 5.91 Å². The monoisotopic (exact) mass is 313 g/mol. The Morgan fingerprint density at radius 2 is 2.09 bits per heavy atom. The minimum absolute atomic E-state index is 0.182. The number of rotatable bonds is 6. The lowest BCUT2D eigenvalue weighted by molar-refractivity contribution is -0.128. The van der Waals surface area contributed by atoms with E-state index >= 15 is 0 Å². The van der Waals surface area contributed by atoms with Crippen LogP contribution in [0.4, 0.5) is 0 Å². The maximum atomic E-state index is 12.2. The van der Waals surface area contributed by atoms with Gasteiger partial charge in [-0.1, -0.05) is 49.3 Å². The zero-order chi connectivity index (χ0) is 16.2. The molecule has 0 bridgehead atoms. The lowest BCUT2D eigenvalue weighted by Gasteiger charge is -2.14. The number of nitrogens with zero attached hydrogens (tertiary/aromatic N) is 3. The third-order valence-corrected chi connectivity index (χ3v) is 4.09. The zero-order valence-electron chi connectivity index (χ0n) is 13.7. The van der Waals surface area contributed by atoms with E-state index in [1.165, 1.54) is 5.56 Å². The highest BCUT2D eigenvalue weighted by atomic mass is 16.5. The van der Waals surface area contributed by atoms with E-state index < -0.39 is 0 Å². The molecule has 23 heavy (non-hydrogen) atoms. The average Bonchev–Trinajstić information content (AvgIpc) is 3.07. The van der Waals surface area contributed by atoms with Crippen molar-refractivity contribution in [2.24, 2.45) is 11.8 Å². The molecule has 3 rings (SSSR count). The van der Waals surface area contributed by atoms with Gasteiger partial charge in [-0.25, -0.2) is 0 Å². The first-order valence-corrected chi connectivity index (χ1v) is 8.23. The predicted molar refractivity (Wildman–Crippen MR) is 86.5 cm³/mol. The van der Waals surface area contributed by atoms with E-state index in [2.05, 4.69) is 36.1 Å². The maximum absolute atomic E-state index is 12.2. The van der Waals surface area contributed by atoms with Crippen molar-refractivity contribution in [1.82, 2.24) is 15.0 Å². The van der Waals surface area contributed by atoms with Gasteiger partial charge in [-0.2, -0.15) is 4.98 Å². The molecule has 1 saturated heterocycles. The molecule has 1 aliphatic rings. The van der Waals surface area contributed by atoms with Gasteiger partial charge in [0.25, 0.3) is 0 Å². The summed E-state index contributed by atoms with van der Waals surface area (Å²) in [5, 5.41) is 4.00. The van der Waals surface area contributed by atoms with E-state index in [9.17, 15) is 4.79 Å². The summed E-state index contributed by atoms with van der Waals surface area (Å²) in [6.07, 6.45) is 2.32. The predicted octanol–water partition coefficient (Wildman–Crippen LogP) is 2.86. The number of amides is 1. The summed E-state index contributed by atoms with van der Waals surface area (Å²) in [5.74, 6) is 2.29. The zero-order valence-corrected chi connectivity index (χ0v) is 13.7. The first kappa shape index (κ1) is 15.7. The summed E-state index contributed by atoms with van der Waals surface area (Å²) in [5.41, 5.74) is 1.28. The van der Waals surface area contributed by atoms with Gasteiger partial charge in [-0.3, -0.25) is 4.79 Å². The Labute approximate surface area is 136 Å². The molecule has 0 aliphatic carbocycles. The second-order valence-electron chi connectivity index (χ2n) is 6.74. The van der Waals surface area contributed by atoms with Crippen LogP contribution in [-0.2, 0) is 24.2 Å². The second kappa shape index (κ2) is 6.94. The minimum Gasteiger partial charge on any atom is -0.339 e. The molecule has 0 N–H and O–H groups in total. The fraction of sp³-hybridized carbons (Fsp3) is 0.500. The summed E-state index contributed by atoms with van der Waals surface area (Å²) in [6.45, 7) is 5.44. The molecule has 1 amide bonds. The highest BCUT2D eigenvalue weighted by Gasteiger charge is 2.30. The van der Waals surface area contributed by atoms with E-state index in [0.29, 0.717) is 36.5 Å². The van der Waals surface area contributed by atoms with Gasteiger partial charge in [0.05, 0.1) is 6.54 Å². The van der Waals surface area contributed by atoms with Crippen LogP contribution in [0.5, 0.6) is 0 Å². The molecule has 5 nitrogen and oxygen atoms in total. The summed E-state index contributed by atoms with van der Waals surface area (Å²) in [7, 11) is 0. The molecule has 2 heterocycles. The quantitative estimate of drug-likeness (QED) is 0.823. The molecular formula is C18H23N3O2. The van der Waals surface area contributed by atoms with Gasteiger partial charge in [0.15, 0.2) is 5.82 Å². The van der Waals surface area contributed by atoms with Crippen molar-refractivity contribution in [3.8, 4) is 0 Å². The second-order valence-corrected chi connectivity index (χ2v) is 6.74. The van der Waals surface area contributed by atoms with Gasteiger partial charge in [-0.05, 0) is 23.8 Å². The molecular weight excluding hydrogens is 290 g/mol. The molecule has 1 aliphatic heterocycles. The molecule has 5 heteroatoms. The molecule has 2 aromatic rings. The minimum atomic E-state index is 0.182. The van der Waals surface area contributed by atoms with Gasteiger partial charge in [0.2, 0.25) is 11.8 Å². The number of hydrogen-bond acceptors (Lipinski definition) is 4. The molecule has 1 aromatic heterocycles. The third kappa shape index (κ3) is 4.18. The van der Waals surface area contributed by atoms with Crippen LogP contribution in [0.1, 0.15) is 37.5 Å². The van der Waals surface area contributed by atoms with Crippen LogP contribution < -0.4 is 0 Å². The first-order chi connectivity index (χ1) is 11.1. The number of carbonyl (C=O) groups excluding carboxylic acids is 1. The van der Waals surface area contributed by atoms with E-state index in [1.807, 2.05) is 23.1 Å². The molecule has 0 saturated carbocycles. The highest BCUT2D eigenvalue weighted by Crippen LogP contribution is 2.23. The van der Waals surface area contributed by atoms with Crippen molar-refractivity contribution in [3.63, 3.8) is 0 Å². The van der Waals surface area contributed by atoms with Crippen LogP contribution in [0.25, 0.3) is 0 Å². The van der Waals surface area contributed by atoms with Crippen LogP contribution in [0, 0.1) is 11.8 Å². The number of carbonyl (C=O) groups is 1. The summed E-state index contributed by atoms with van der Waals surface area (Å²) in [4.78, 5) is 18.4. The Balaban J connectivity index is 1.56. The number of likely N-dealkylation sites (tertiary alicyclic amines) is 1. The van der Waals surface area contributed by atoms with Crippen LogP contribution in [0.15, 0.2) is 34.9 Å². The molecule has 0 spiro atoms. The standard InChI is InChI=1S/C18H23N3O2/c1-13(2)8-17-19-16(20-23-17)12-21-11-15(10-18(21)22)9-14-6-4-3-5-7-14/h3-7,13,15H,8-12H2,1-2H3. The number of hydrogen-bond donors (Lipinski definition) is 0. The lowest BCUT2D eigenvalue weighted by atomic mass is 9.99. The summed E-state index contributed by atoms with van der Waals surface area (Å²) < 4.78 is 5.24. The van der Waals surface area contributed by atoms with Crippen molar-refractivity contribution in [1.29, 1.82) is 0 Å². The largest absolute Gasteiger partial charge is 0.339 e. The van der Waals surface area contributed by atoms with E-state index in [-0.39, 0.29) is 5.91 Å². The normalized spacial score (nSPS) is 18.1. The van der Waals surface area contributed by atoms with Gasteiger partial charge in [-0.15, -0.1) is 0 Å². The fourth-order valence-electron chi connectivity index (χ4n) is 3.05.